The molecule has 0 fully saturated rings. The van der Waals surface area contributed by atoms with Crippen LogP contribution < -0.4 is 4.74 Å². The van der Waals surface area contributed by atoms with Gasteiger partial charge in [0, 0.05) is 6.42 Å². The van der Waals surface area contributed by atoms with Gasteiger partial charge in [0.05, 0.1) is 6.61 Å². The lowest BCUT2D eigenvalue weighted by molar-refractivity contribution is -0.134. The first-order valence-corrected chi connectivity index (χ1v) is 6.43. The molecule has 0 aliphatic heterocycles. The lowest BCUT2D eigenvalue weighted by atomic mass is 10.1. The van der Waals surface area contributed by atoms with Crippen LogP contribution in [-0.2, 0) is 9.53 Å². The van der Waals surface area contributed by atoms with Crippen molar-refractivity contribution in [3.05, 3.63) is 29.3 Å². The number of hydrogen-bond donors (Lipinski definition) is 0. The molecule has 0 bridgehead atoms. The smallest absolute Gasteiger partial charge is 0.342 e. The molecule has 0 saturated heterocycles. The van der Waals surface area contributed by atoms with Gasteiger partial charge in [0.15, 0.2) is 0 Å². The molecular weight excluding hydrogens is 244 g/mol. The molecule has 104 valence electrons. The zero-order valence-corrected chi connectivity index (χ0v) is 11.9. The van der Waals surface area contributed by atoms with Gasteiger partial charge in [0.25, 0.3) is 0 Å². The molecular formula is C15H20O4. The molecule has 0 aromatic heterocycles. The maximum Gasteiger partial charge on any atom is 0.342 e. The summed E-state index contributed by atoms with van der Waals surface area (Å²) in [5, 5.41) is 0. The van der Waals surface area contributed by atoms with E-state index in [1.54, 1.807) is 32.0 Å². The Morgan fingerprint density at radius 2 is 1.95 bits per heavy atom. The summed E-state index contributed by atoms with van der Waals surface area (Å²) in [7, 11) is 0. The van der Waals surface area contributed by atoms with Crippen molar-refractivity contribution in [3.63, 3.8) is 0 Å². The number of aryl methyl sites for hydroxylation is 1. The summed E-state index contributed by atoms with van der Waals surface area (Å²) in [6.45, 7) is 7.75. The summed E-state index contributed by atoms with van der Waals surface area (Å²) >= 11 is 0. The van der Waals surface area contributed by atoms with Gasteiger partial charge in [-0.15, -0.1) is 0 Å². The third-order valence-electron chi connectivity index (χ3n) is 2.50. The van der Waals surface area contributed by atoms with Gasteiger partial charge < -0.3 is 9.47 Å². The normalized spacial score (nSPS) is 10.4. The Morgan fingerprint density at radius 1 is 1.26 bits per heavy atom. The molecule has 0 spiro atoms. The number of hydrogen-bond acceptors (Lipinski definition) is 4. The molecule has 0 aliphatic carbocycles. The molecule has 19 heavy (non-hydrogen) atoms. The highest BCUT2D eigenvalue weighted by atomic mass is 16.5. The van der Waals surface area contributed by atoms with Gasteiger partial charge in [-0.3, -0.25) is 4.79 Å². The minimum absolute atomic E-state index is 0.258. The van der Waals surface area contributed by atoms with Crippen LogP contribution in [-0.4, -0.2) is 18.5 Å². The van der Waals surface area contributed by atoms with Gasteiger partial charge in [-0.2, -0.15) is 0 Å². The molecule has 0 N–H and O–H groups in total. The van der Waals surface area contributed by atoms with E-state index < -0.39 is 5.97 Å². The minimum Gasteiger partial charge on any atom is -0.462 e. The SMILES string of the molecule is CCC(=O)Oc1cccc(C)c1C(=O)OCC(C)C. The van der Waals surface area contributed by atoms with E-state index in [0.29, 0.717) is 12.2 Å². The van der Waals surface area contributed by atoms with E-state index in [1.807, 2.05) is 13.8 Å². The van der Waals surface area contributed by atoms with Crippen LogP contribution in [0.1, 0.15) is 43.1 Å². The monoisotopic (exact) mass is 264 g/mol. The molecule has 4 heteroatoms. The topological polar surface area (TPSA) is 52.6 Å². The molecule has 0 radical (unpaired) electrons. The number of ether oxygens (including phenoxy) is 2. The number of rotatable bonds is 5. The van der Waals surface area contributed by atoms with E-state index in [1.165, 1.54) is 0 Å². The highest BCUT2D eigenvalue weighted by Crippen LogP contribution is 2.23. The van der Waals surface area contributed by atoms with Crippen molar-refractivity contribution in [1.82, 2.24) is 0 Å². The molecule has 1 aromatic rings. The Kier molecular flexibility index (Phi) is 5.55. The molecule has 0 atom stereocenters. The van der Waals surface area contributed by atoms with Gasteiger partial charge in [0.2, 0.25) is 0 Å². The van der Waals surface area contributed by atoms with Crippen molar-refractivity contribution in [2.75, 3.05) is 6.61 Å². The molecule has 1 aromatic carbocycles. The van der Waals surface area contributed by atoms with Crippen LogP contribution in [0.2, 0.25) is 0 Å². The number of carbonyl (C=O) groups excluding carboxylic acids is 2. The second kappa shape index (κ2) is 6.92. The van der Waals surface area contributed by atoms with Crippen molar-refractivity contribution in [1.29, 1.82) is 0 Å². The van der Waals surface area contributed by atoms with E-state index in [0.717, 1.165) is 5.56 Å². The van der Waals surface area contributed by atoms with Crippen LogP contribution in [0.5, 0.6) is 5.75 Å². The predicted octanol–water partition coefficient (Wildman–Crippen LogP) is 3.12. The van der Waals surface area contributed by atoms with E-state index in [4.69, 9.17) is 9.47 Å². The molecule has 0 unspecified atom stereocenters. The predicted molar refractivity (Wildman–Crippen MR) is 72.2 cm³/mol. The maximum absolute atomic E-state index is 12.0. The van der Waals surface area contributed by atoms with Crippen LogP contribution >= 0.6 is 0 Å². The average molecular weight is 264 g/mol. The van der Waals surface area contributed by atoms with Gasteiger partial charge in [-0.1, -0.05) is 32.9 Å². The van der Waals surface area contributed by atoms with E-state index in [2.05, 4.69) is 0 Å². The van der Waals surface area contributed by atoms with Gasteiger partial charge in [0.1, 0.15) is 11.3 Å². The zero-order valence-electron chi connectivity index (χ0n) is 11.9. The summed E-state index contributed by atoms with van der Waals surface area (Å²) in [5.41, 5.74) is 1.06. The zero-order chi connectivity index (χ0) is 14.4. The van der Waals surface area contributed by atoms with Crippen molar-refractivity contribution >= 4 is 11.9 Å². The molecule has 1 rings (SSSR count). The first kappa shape index (κ1) is 15.2. The van der Waals surface area contributed by atoms with E-state index >= 15 is 0 Å². The van der Waals surface area contributed by atoms with E-state index in [9.17, 15) is 9.59 Å². The summed E-state index contributed by atoms with van der Waals surface area (Å²) in [6, 6.07) is 5.13. The summed E-state index contributed by atoms with van der Waals surface area (Å²) in [4.78, 5) is 23.4. The minimum atomic E-state index is -0.453. The first-order chi connectivity index (χ1) is 8.95. The molecule has 0 heterocycles. The average Bonchev–Trinajstić information content (AvgIpc) is 2.36. The second-order valence-corrected chi connectivity index (χ2v) is 4.77. The van der Waals surface area contributed by atoms with Crippen LogP contribution in [0.3, 0.4) is 0 Å². The van der Waals surface area contributed by atoms with Gasteiger partial charge in [-0.05, 0) is 24.5 Å². The highest BCUT2D eigenvalue weighted by molar-refractivity contribution is 5.95. The Bertz CT molecular complexity index is 463. The van der Waals surface area contributed by atoms with Crippen LogP contribution in [0.25, 0.3) is 0 Å². The van der Waals surface area contributed by atoms with E-state index in [-0.39, 0.29) is 24.1 Å². The number of carbonyl (C=O) groups is 2. The summed E-state index contributed by atoms with van der Waals surface area (Å²) in [5.74, 6) is -0.301. The van der Waals surface area contributed by atoms with Crippen LogP contribution in [0.4, 0.5) is 0 Å². The standard InChI is InChI=1S/C15H20O4/c1-5-13(16)19-12-8-6-7-11(4)14(12)15(17)18-9-10(2)3/h6-8,10H,5,9H2,1-4H3. The second-order valence-electron chi connectivity index (χ2n) is 4.77. The lowest BCUT2D eigenvalue weighted by Crippen LogP contribution is -2.15. The number of benzene rings is 1. The molecule has 4 nitrogen and oxygen atoms in total. The lowest BCUT2D eigenvalue weighted by Gasteiger charge is -2.13. The highest BCUT2D eigenvalue weighted by Gasteiger charge is 2.18. The Morgan fingerprint density at radius 3 is 2.53 bits per heavy atom. The molecule has 0 aliphatic rings. The van der Waals surface area contributed by atoms with Gasteiger partial charge >= 0.3 is 11.9 Å². The fourth-order valence-electron chi connectivity index (χ4n) is 1.50. The first-order valence-electron chi connectivity index (χ1n) is 6.43. The molecule has 0 saturated carbocycles. The number of esters is 2. The third-order valence-corrected chi connectivity index (χ3v) is 2.50. The Hall–Kier alpha value is -1.84. The van der Waals surface area contributed by atoms with Crippen molar-refractivity contribution < 1.29 is 19.1 Å². The largest absolute Gasteiger partial charge is 0.462 e. The van der Waals surface area contributed by atoms with Crippen molar-refractivity contribution in [2.45, 2.75) is 34.1 Å². The third kappa shape index (κ3) is 4.39. The quantitative estimate of drug-likeness (QED) is 0.605. The van der Waals surface area contributed by atoms with Crippen LogP contribution in [0, 0.1) is 12.8 Å². The van der Waals surface area contributed by atoms with Gasteiger partial charge in [-0.25, -0.2) is 4.79 Å². The fourth-order valence-corrected chi connectivity index (χ4v) is 1.50. The fraction of sp³-hybridized carbons (Fsp3) is 0.467. The Labute approximate surface area is 113 Å². The van der Waals surface area contributed by atoms with Crippen LogP contribution in [0.15, 0.2) is 18.2 Å². The van der Waals surface area contributed by atoms with Crippen molar-refractivity contribution in [2.24, 2.45) is 5.92 Å². The molecule has 0 amide bonds. The van der Waals surface area contributed by atoms with Crippen molar-refractivity contribution in [3.8, 4) is 5.75 Å². The maximum atomic E-state index is 12.0. The summed E-state index contributed by atoms with van der Waals surface area (Å²) in [6.07, 6.45) is 0.258. The Balaban J connectivity index is 2.97. The summed E-state index contributed by atoms with van der Waals surface area (Å²) < 4.78 is 10.4.